The van der Waals surface area contributed by atoms with Crippen LogP contribution in [-0.2, 0) is 20.9 Å². The summed E-state index contributed by atoms with van der Waals surface area (Å²) < 4.78 is 10.6. The Hall–Kier alpha value is -3.10. The molecule has 0 unspecified atom stereocenters. The number of carbonyl (C=O) groups excluding carboxylic acids is 3. The summed E-state index contributed by atoms with van der Waals surface area (Å²) >= 11 is 5.82. The Labute approximate surface area is 179 Å². The van der Waals surface area contributed by atoms with E-state index in [9.17, 15) is 14.4 Å². The molecule has 0 radical (unpaired) electrons. The van der Waals surface area contributed by atoms with E-state index in [2.05, 4.69) is 10.6 Å². The Morgan fingerprint density at radius 1 is 1.07 bits per heavy atom. The fourth-order valence-electron chi connectivity index (χ4n) is 2.95. The van der Waals surface area contributed by atoms with E-state index in [4.69, 9.17) is 21.1 Å². The number of halogens is 1. The van der Waals surface area contributed by atoms with E-state index >= 15 is 0 Å². The molecule has 9 heteroatoms. The molecule has 1 fully saturated rings. The second-order valence-corrected chi connectivity index (χ2v) is 7.01. The molecule has 1 heterocycles. The van der Waals surface area contributed by atoms with Crippen molar-refractivity contribution < 1.29 is 23.9 Å². The summed E-state index contributed by atoms with van der Waals surface area (Å²) in [5.41, 5.74) is 1.30. The van der Waals surface area contributed by atoms with Crippen molar-refractivity contribution in [3.63, 3.8) is 0 Å². The summed E-state index contributed by atoms with van der Waals surface area (Å²) in [6.45, 7) is 0.958. The Morgan fingerprint density at radius 3 is 2.40 bits per heavy atom. The van der Waals surface area contributed by atoms with Crippen LogP contribution in [0.4, 0.5) is 0 Å². The minimum absolute atomic E-state index is 0.00902. The summed E-state index contributed by atoms with van der Waals surface area (Å²) in [5.74, 6) is -1.13. The van der Waals surface area contributed by atoms with E-state index in [1.807, 2.05) is 0 Å². The predicted molar refractivity (Wildman–Crippen MR) is 110 cm³/mol. The molecule has 3 amide bonds. The Bertz CT molecular complexity index is 902. The van der Waals surface area contributed by atoms with Gasteiger partial charge in [-0.25, -0.2) is 0 Å². The van der Waals surface area contributed by atoms with Crippen molar-refractivity contribution in [3.05, 3.63) is 64.7 Å². The lowest BCUT2D eigenvalue weighted by atomic mass is 10.2. The number of hydrogen-bond acceptors (Lipinski definition) is 5. The fourth-order valence-corrected chi connectivity index (χ4v) is 3.07. The molecule has 0 aliphatic carbocycles. The van der Waals surface area contributed by atoms with Gasteiger partial charge in [0.05, 0.1) is 20.3 Å². The first kappa shape index (κ1) is 21.6. The van der Waals surface area contributed by atoms with Gasteiger partial charge in [0.15, 0.2) is 0 Å². The third kappa shape index (κ3) is 5.49. The quantitative estimate of drug-likeness (QED) is 0.677. The molecule has 0 saturated carbocycles. The van der Waals surface area contributed by atoms with Gasteiger partial charge in [-0.3, -0.25) is 14.4 Å². The number of methoxy groups -OCH3 is 1. The van der Waals surface area contributed by atoms with Crippen LogP contribution in [-0.4, -0.2) is 55.7 Å². The Balaban J connectivity index is 1.49. The molecule has 2 aromatic rings. The third-order valence-corrected chi connectivity index (χ3v) is 4.85. The maximum atomic E-state index is 12.7. The van der Waals surface area contributed by atoms with Gasteiger partial charge in [-0.1, -0.05) is 23.7 Å². The van der Waals surface area contributed by atoms with Crippen molar-refractivity contribution in [1.82, 2.24) is 15.5 Å². The van der Waals surface area contributed by atoms with Crippen molar-refractivity contribution >= 4 is 29.3 Å². The van der Waals surface area contributed by atoms with E-state index in [-0.39, 0.29) is 19.0 Å². The number of carbonyl (C=O) groups is 3. The minimum atomic E-state index is -0.795. The normalized spacial score (nSPS) is 15.5. The first-order valence-electron chi connectivity index (χ1n) is 9.35. The van der Waals surface area contributed by atoms with Gasteiger partial charge in [-0.15, -0.1) is 0 Å². The number of amides is 3. The minimum Gasteiger partial charge on any atom is -0.497 e. The van der Waals surface area contributed by atoms with Crippen molar-refractivity contribution in [3.8, 4) is 5.75 Å². The monoisotopic (exact) mass is 431 g/mol. The molecule has 0 aromatic heterocycles. The molecule has 158 valence electrons. The highest BCUT2D eigenvalue weighted by Crippen LogP contribution is 2.17. The summed E-state index contributed by atoms with van der Waals surface area (Å²) in [4.78, 5) is 38.3. The van der Waals surface area contributed by atoms with E-state index in [0.29, 0.717) is 29.5 Å². The zero-order valence-electron chi connectivity index (χ0n) is 16.4. The van der Waals surface area contributed by atoms with Crippen LogP contribution < -0.4 is 15.4 Å². The number of hydrogen-bond donors (Lipinski definition) is 2. The SMILES string of the molecule is COc1ccc(C(=O)N2CCO[C@@H]2CNC(=O)C(=O)NCc2ccc(Cl)cc2)cc1. The van der Waals surface area contributed by atoms with Crippen molar-refractivity contribution in [2.45, 2.75) is 12.8 Å². The van der Waals surface area contributed by atoms with Gasteiger partial charge in [0, 0.05) is 23.7 Å². The lowest BCUT2D eigenvalue weighted by molar-refractivity contribution is -0.139. The van der Waals surface area contributed by atoms with Crippen LogP contribution in [0.15, 0.2) is 48.5 Å². The molecular formula is C21H22ClN3O5. The standard InChI is InChI=1S/C21H22ClN3O5/c1-29-17-8-4-15(5-9-17)21(28)25-10-11-30-18(25)13-24-20(27)19(26)23-12-14-2-6-16(22)7-3-14/h2-9,18H,10-13H2,1H3,(H,23,26)(H,24,27)/t18-/m1/s1. The molecule has 1 aliphatic heterocycles. The number of benzene rings is 2. The lowest BCUT2D eigenvalue weighted by Gasteiger charge is -2.23. The van der Waals surface area contributed by atoms with Gasteiger partial charge in [0.25, 0.3) is 5.91 Å². The van der Waals surface area contributed by atoms with Crippen LogP contribution in [0.2, 0.25) is 5.02 Å². The third-order valence-electron chi connectivity index (χ3n) is 4.60. The largest absolute Gasteiger partial charge is 0.497 e. The highest BCUT2D eigenvalue weighted by Gasteiger charge is 2.31. The van der Waals surface area contributed by atoms with Crippen LogP contribution in [0.5, 0.6) is 5.75 Å². The van der Waals surface area contributed by atoms with E-state index in [1.165, 1.54) is 4.90 Å². The second kappa shape index (κ2) is 10.1. The van der Waals surface area contributed by atoms with Crippen LogP contribution >= 0.6 is 11.6 Å². The first-order valence-corrected chi connectivity index (χ1v) is 9.73. The van der Waals surface area contributed by atoms with Crippen LogP contribution in [0.1, 0.15) is 15.9 Å². The van der Waals surface area contributed by atoms with Gasteiger partial charge in [-0.2, -0.15) is 0 Å². The van der Waals surface area contributed by atoms with Crippen molar-refractivity contribution in [2.24, 2.45) is 0 Å². The Morgan fingerprint density at radius 2 is 1.73 bits per heavy atom. The van der Waals surface area contributed by atoms with E-state index in [1.54, 1.807) is 55.6 Å². The number of nitrogens with one attached hydrogen (secondary N) is 2. The molecule has 30 heavy (non-hydrogen) atoms. The van der Waals surface area contributed by atoms with Crippen molar-refractivity contribution in [1.29, 1.82) is 0 Å². The average molecular weight is 432 g/mol. The second-order valence-electron chi connectivity index (χ2n) is 6.57. The van der Waals surface area contributed by atoms with Crippen molar-refractivity contribution in [2.75, 3.05) is 26.8 Å². The molecule has 2 N–H and O–H groups in total. The fraction of sp³-hybridized carbons (Fsp3) is 0.286. The van der Waals surface area contributed by atoms with E-state index < -0.39 is 18.0 Å². The maximum absolute atomic E-state index is 12.7. The average Bonchev–Trinajstić information content (AvgIpc) is 3.25. The number of ether oxygens (including phenoxy) is 2. The smallest absolute Gasteiger partial charge is 0.309 e. The molecular weight excluding hydrogens is 410 g/mol. The summed E-state index contributed by atoms with van der Waals surface area (Å²) in [6.07, 6.45) is -0.646. The lowest BCUT2D eigenvalue weighted by Crippen LogP contribution is -2.47. The summed E-state index contributed by atoms with van der Waals surface area (Å²) in [5, 5.41) is 5.64. The van der Waals surface area contributed by atoms with Crippen LogP contribution in [0.25, 0.3) is 0 Å². The number of nitrogens with zero attached hydrogens (tertiary/aromatic N) is 1. The van der Waals surface area contributed by atoms with Gasteiger partial charge < -0.3 is 25.0 Å². The zero-order valence-corrected chi connectivity index (χ0v) is 17.1. The van der Waals surface area contributed by atoms with Gasteiger partial charge in [0.2, 0.25) is 0 Å². The molecule has 2 aromatic carbocycles. The molecule has 0 spiro atoms. The molecule has 1 saturated heterocycles. The topological polar surface area (TPSA) is 97.0 Å². The first-order chi connectivity index (χ1) is 14.5. The number of rotatable bonds is 6. The Kier molecular flexibility index (Phi) is 7.26. The zero-order chi connectivity index (χ0) is 21.5. The highest BCUT2D eigenvalue weighted by atomic mass is 35.5. The molecule has 1 aliphatic rings. The van der Waals surface area contributed by atoms with Gasteiger partial charge >= 0.3 is 11.8 Å². The predicted octanol–water partition coefficient (Wildman–Crippen LogP) is 1.58. The molecule has 1 atom stereocenters. The van der Waals surface area contributed by atoms with Gasteiger partial charge in [-0.05, 0) is 42.0 Å². The maximum Gasteiger partial charge on any atom is 0.309 e. The molecule has 0 bridgehead atoms. The van der Waals surface area contributed by atoms with Gasteiger partial charge in [0.1, 0.15) is 12.0 Å². The van der Waals surface area contributed by atoms with Crippen LogP contribution in [0, 0.1) is 0 Å². The molecule has 3 rings (SSSR count). The van der Waals surface area contributed by atoms with E-state index in [0.717, 1.165) is 5.56 Å². The van der Waals surface area contributed by atoms with Crippen LogP contribution in [0.3, 0.4) is 0 Å². The molecule has 8 nitrogen and oxygen atoms in total. The summed E-state index contributed by atoms with van der Waals surface area (Å²) in [6, 6.07) is 13.7. The highest BCUT2D eigenvalue weighted by molar-refractivity contribution is 6.35. The summed E-state index contributed by atoms with van der Waals surface area (Å²) in [7, 11) is 1.55.